The van der Waals surface area contributed by atoms with Gasteiger partial charge in [-0.3, -0.25) is 4.79 Å². The number of hydrogen-bond acceptors (Lipinski definition) is 5. The molecule has 4 N–H and O–H groups in total. The summed E-state index contributed by atoms with van der Waals surface area (Å²) in [5.41, 5.74) is 7.17. The Bertz CT molecular complexity index is 438. The van der Waals surface area contributed by atoms with Crippen LogP contribution in [0.1, 0.15) is 13.8 Å². The van der Waals surface area contributed by atoms with E-state index in [-0.39, 0.29) is 11.9 Å². The minimum absolute atomic E-state index is 0.0863. The average Bonchev–Trinajstić information content (AvgIpc) is 2.43. The number of methoxy groups -OCH3 is 1. The molecule has 1 unspecified atom stereocenters. The molecule has 0 bridgehead atoms. The highest BCUT2D eigenvalue weighted by atomic mass is 16.5. The summed E-state index contributed by atoms with van der Waals surface area (Å²) in [6, 6.07) is 5.00. The molecule has 0 saturated heterocycles. The van der Waals surface area contributed by atoms with Gasteiger partial charge in [0.25, 0.3) is 0 Å². The molecule has 6 nitrogen and oxygen atoms in total. The largest absolute Gasteiger partial charge is 0.492 e. The van der Waals surface area contributed by atoms with Gasteiger partial charge in [0.2, 0.25) is 5.91 Å². The number of benzene rings is 1. The Hall–Kier alpha value is -1.95. The van der Waals surface area contributed by atoms with Gasteiger partial charge in [-0.25, -0.2) is 0 Å². The molecule has 1 aromatic rings. The number of nitrogens with one attached hydrogen (secondary N) is 2. The Labute approximate surface area is 119 Å². The van der Waals surface area contributed by atoms with E-state index in [1.54, 1.807) is 26.2 Å². The maximum absolute atomic E-state index is 11.8. The molecule has 0 aliphatic heterocycles. The summed E-state index contributed by atoms with van der Waals surface area (Å²) in [7, 11) is 1.59. The second-order valence-electron chi connectivity index (χ2n) is 4.34. The lowest BCUT2D eigenvalue weighted by Crippen LogP contribution is -2.39. The molecule has 0 fully saturated rings. The molecule has 112 valence electrons. The Morgan fingerprint density at radius 1 is 1.45 bits per heavy atom. The molecular formula is C14H23N3O3. The van der Waals surface area contributed by atoms with Crippen LogP contribution >= 0.6 is 0 Å². The normalized spacial score (nSPS) is 11.8. The number of anilines is 2. The van der Waals surface area contributed by atoms with Gasteiger partial charge in [0.15, 0.2) is 0 Å². The number of nitrogen functional groups attached to an aromatic ring is 1. The van der Waals surface area contributed by atoms with E-state index in [2.05, 4.69) is 10.6 Å². The molecule has 1 atom stereocenters. The highest BCUT2D eigenvalue weighted by Crippen LogP contribution is 2.25. The highest BCUT2D eigenvalue weighted by Gasteiger charge is 2.12. The molecule has 0 aromatic heterocycles. The molecule has 20 heavy (non-hydrogen) atoms. The van der Waals surface area contributed by atoms with Crippen LogP contribution in [0.2, 0.25) is 0 Å². The van der Waals surface area contributed by atoms with Gasteiger partial charge in [-0.15, -0.1) is 0 Å². The molecule has 0 radical (unpaired) electrons. The fourth-order valence-electron chi connectivity index (χ4n) is 1.65. The standard InChI is InChI=1S/C14H23N3O3/c1-4-20-13-9-11(5-6-12(13)15)17-10(2)14(18)16-7-8-19-3/h5-6,9-10,17H,4,7-8,15H2,1-3H3,(H,16,18). The Kier molecular flexibility index (Phi) is 6.66. The number of ether oxygens (including phenoxy) is 2. The van der Waals surface area contributed by atoms with Gasteiger partial charge in [0.1, 0.15) is 11.8 Å². The molecular weight excluding hydrogens is 258 g/mol. The van der Waals surface area contributed by atoms with Crippen LogP contribution in [-0.2, 0) is 9.53 Å². The van der Waals surface area contributed by atoms with Crippen molar-refractivity contribution < 1.29 is 14.3 Å². The van der Waals surface area contributed by atoms with Crippen molar-refractivity contribution in [2.45, 2.75) is 19.9 Å². The lowest BCUT2D eigenvalue weighted by atomic mass is 10.2. The summed E-state index contributed by atoms with van der Waals surface area (Å²) in [4.78, 5) is 11.8. The first-order chi connectivity index (χ1) is 9.58. The molecule has 1 aromatic carbocycles. The van der Waals surface area contributed by atoms with Gasteiger partial charge in [0, 0.05) is 25.4 Å². The molecule has 0 heterocycles. The summed E-state index contributed by atoms with van der Waals surface area (Å²) < 4.78 is 10.3. The summed E-state index contributed by atoms with van der Waals surface area (Å²) >= 11 is 0. The summed E-state index contributed by atoms with van der Waals surface area (Å²) in [5, 5.41) is 5.88. The molecule has 0 spiro atoms. The van der Waals surface area contributed by atoms with Crippen molar-refractivity contribution in [3.63, 3.8) is 0 Å². The van der Waals surface area contributed by atoms with E-state index in [4.69, 9.17) is 15.2 Å². The predicted molar refractivity (Wildman–Crippen MR) is 80.0 cm³/mol. The molecule has 6 heteroatoms. The molecule has 0 aliphatic carbocycles. The lowest BCUT2D eigenvalue weighted by molar-refractivity contribution is -0.121. The topological polar surface area (TPSA) is 85.6 Å². The third-order valence-corrected chi connectivity index (χ3v) is 2.70. The Balaban J connectivity index is 2.58. The van der Waals surface area contributed by atoms with Crippen molar-refractivity contribution in [2.75, 3.05) is 37.9 Å². The van der Waals surface area contributed by atoms with Gasteiger partial charge < -0.3 is 25.8 Å². The maximum atomic E-state index is 11.8. The van der Waals surface area contributed by atoms with E-state index >= 15 is 0 Å². The fraction of sp³-hybridized carbons (Fsp3) is 0.500. The van der Waals surface area contributed by atoms with Crippen molar-refractivity contribution >= 4 is 17.3 Å². The summed E-state index contributed by atoms with van der Waals surface area (Å²) in [6.07, 6.45) is 0. The van der Waals surface area contributed by atoms with Crippen molar-refractivity contribution in [1.29, 1.82) is 0 Å². The number of nitrogens with two attached hydrogens (primary N) is 1. The Morgan fingerprint density at radius 3 is 2.85 bits per heavy atom. The van der Waals surface area contributed by atoms with Crippen LogP contribution in [0, 0.1) is 0 Å². The average molecular weight is 281 g/mol. The molecule has 1 rings (SSSR count). The highest BCUT2D eigenvalue weighted by molar-refractivity contribution is 5.84. The first-order valence-corrected chi connectivity index (χ1v) is 6.64. The SMILES string of the molecule is CCOc1cc(NC(C)C(=O)NCCOC)ccc1N. The van der Waals surface area contributed by atoms with Crippen LogP contribution in [0.3, 0.4) is 0 Å². The van der Waals surface area contributed by atoms with Gasteiger partial charge in [-0.1, -0.05) is 0 Å². The van der Waals surface area contributed by atoms with E-state index in [1.165, 1.54) is 0 Å². The van der Waals surface area contributed by atoms with Crippen LogP contribution in [0.5, 0.6) is 5.75 Å². The van der Waals surface area contributed by atoms with E-state index in [1.807, 2.05) is 13.0 Å². The predicted octanol–water partition coefficient (Wildman–Crippen LogP) is 1.23. The molecule has 0 saturated carbocycles. The van der Waals surface area contributed by atoms with Crippen LogP contribution in [0.25, 0.3) is 0 Å². The minimum Gasteiger partial charge on any atom is -0.492 e. The second kappa shape index (κ2) is 8.27. The number of hydrogen-bond donors (Lipinski definition) is 3. The van der Waals surface area contributed by atoms with Crippen LogP contribution in [-0.4, -0.2) is 38.8 Å². The van der Waals surface area contributed by atoms with Crippen LogP contribution < -0.4 is 21.1 Å². The third kappa shape index (κ3) is 4.97. The molecule has 1 amide bonds. The number of carbonyl (C=O) groups is 1. The number of amides is 1. The zero-order chi connectivity index (χ0) is 15.0. The van der Waals surface area contributed by atoms with E-state index < -0.39 is 0 Å². The Morgan fingerprint density at radius 2 is 2.20 bits per heavy atom. The second-order valence-corrected chi connectivity index (χ2v) is 4.34. The van der Waals surface area contributed by atoms with E-state index in [0.29, 0.717) is 31.2 Å². The monoisotopic (exact) mass is 281 g/mol. The lowest BCUT2D eigenvalue weighted by Gasteiger charge is -2.16. The number of rotatable bonds is 8. The van der Waals surface area contributed by atoms with E-state index in [0.717, 1.165) is 5.69 Å². The van der Waals surface area contributed by atoms with Crippen molar-refractivity contribution in [3.8, 4) is 5.75 Å². The van der Waals surface area contributed by atoms with Crippen LogP contribution in [0.15, 0.2) is 18.2 Å². The van der Waals surface area contributed by atoms with Crippen molar-refractivity contribution in [1.82, 2.24) is 5.32 Å². The smallest absolute Gasteiger partial charge is 0.242 e. The van der Waals surface area contributed by atoms with Crippen molar-refractivity contribution in [3.05, 3.63) is 18.2 Å². The zero-order valence-electron chi connectivity index (χ0n) is 12.2. The molecule has 0 aliphatic rings. The van der Waals surface area contributed by atoms with Crippen molar-refractivity contribution in [2.24, 2.45) is 0 Å². The van der Waals surface area contributed by atoms with Crippen LogP contribution in [0.4, 0.5) is 11.4 Å². The van der Waals surface area contributed by atoms with Gasteiger partial charge >= 0.3 is 0 Å². The fourth-order valence-corrected chi connectivity index (χ4v) is 1.65. The first-order valence-electron chi connectivity index (χ1n) is 6.64. The first kappa shape index (κ1) is 16.1. The quantitative estimate of drug-likeness (QED) is 0.493. The van der Waals surface area contributed by atoms with Gasteiger partial charge in [0.05, 0.1) is 18.9 Å². The van der Waals surface area contributed by atoms with Gasteiger partial charge in [-0.2, -0.15) is 0 Å². The summed E-state index contributed by atoms with van der Waals surface area (Å²) in [6.45, 7) is 5.22. The van der Waals surface area contributed by atoms with Gasteiger partial charge in [-0.05, 0) is 26.0 Å². The third-order valence-electron chi connectivity index (χ3n) is 2.70. The maximum Gasteiger partial charge on any atom is 0.242 e. The zero-order valence-corrected chi connectivity index (χ0v) is 12.2. The minimum atomic E-state index is -0.357. The number of carbonyl (C=O) groups excluding carboxylic acids is 1. The summed E-state index contributed by atoms with van der Waals surface area (Å²) in [5.74, 6) is 0.529. The van der Waals surface area contributed by atoms with E-state index in [9.17, 15) is 4.79 Å².